The summed E-state index contributed by atoms with van der Waals surface area (Å²) in [5.41, 5.74) is 3.30. The highest BCUT2D eigenvalue weighted by Crippen LogP contribution is 2.15. The number of rotatable bonds is 3. The average molecular weight is 244 g/mol. The molecule has 2 aromatic carbocycles. The number of nitrogens with zero attached hydrogens (tertiary/aromatic N) is 1. The van der Waals surface area contributed by atoms with Crippen LogP contribution in [0.1, 0.15) is 11.1 Å². The molecule has 0 fully saturated rings. The van der Waals surface area contributed by atoms with E-state index in [2.05, 4.69) is 11.9 Å². The van der Waals surface area contributed by atoms with Gasteiger partial charge in [0.25, 0.3) is 0 Å². The quantitative estimate of drug-likeness (QED) is 0.704. The fourth-order valence-corrected chi connectivity index (χ4v) is 1.82. The molecule has 0 N–H and O–H groups in total. The molecule has 0 saturated carbocycles. The summed E-state index contributed by atoms with van der Waals surface area (Å²) < 4.78 is 0. The van der Waals surface area contributed by atoms with Gasteiger partial charge in [-0.25, -0.2) is 4.99 Å². The first kappa shape index (κ1) is 11.9. The summed E-state index contributed by atoms with van der Waals surface area (Å²) in [6.45, 7) is 2.05. The van der Waals surface area contributed by atoms with E-state index in [1.807, 2.05) is 54.6 Å². The van der Waals surface area contributed by atoms with Crippen molar-refractivity contribution in [3.63, 3.8) is 0 Å². The number of aliphatic imine (C=N–C) groups is 1. The van der Waals surface area contributed by atoms with Crippen molar-refractivity contribution in [1.29, 1.82) is 0 Å². The number of halogens is 1. The van der Waals surface area contributed by atoms with Gasteiger partial charge in [-0.3, -0.25) is 0 Å². The van der Waals surface area contributed by atoms with Gasteiger partial charge in [0.1, 0.15) is 5.17 Å². The van der Waals surface area contributed by atoms with Crippen molar-refractivity contribution in [3.05, 3.63) is 65.7 Å². The molecule has 2 rings (SSSR count). The fraction of sp³-hybridized carbons (Fsp3) is 0.133. The molecule has 0 aliphatic rings. The molecule has 0 unspecified atom stereocenters. The second-order valence-electron chi connectivity index (χ2n) is 3.99. The van der Waals surface area contributed by atoms with Gasteiger partial charge in [0.05, 0.1) is 5.69 Å². The van der Waals surface area contributed by atoms with Crippen LogP contribution in [-0.4, -0.2) is 5.17 Å². The molecule has 2 heteroatoms. The van der Waals surface area contributed by atoms with Crippen LogP contribution in [0.25, 0.3) is 0 Å². The molecule has 86 valence electrons. The first-order chi connectivity index (χ1) is 8.24. The Bertz CT molecular complexity index is 500. The van der Waals surface area contributed by atoms with Gasteiger partial charge in [-0.15, -0.1) is 0 Å². The Labute approximate surface area is 107 Å². The Morgan fingerprint density at radius 3 is 2.29 bits per heavy atom. The van der Waals surface area contributed by atoms with Crippen LogP contribution >= 0.6 is 11.6 Å². The maximum atomic E-state index is 6.14. The van der Waals surface area contributed by atoms with Crippen molar-refractivity contribution in [1.82, 2.24) is 0 Å². The highest BCUT2D eigenvalue weighted by Gasteiger charge is 1.98. The van der Waals surface area contributed by atoms with Gasteiger partial charge in [0.15, 0.2) is 0 Å². The summed E-state index contributed by atoms with van der Waals surface area (Å²) in [4.78, 5) is 4.38. The van der Waals surface area contributed by atoms with Crippen molar-refractivity contribution < 1.29 is 0 Å². The minimum atomic E-state index is 0.611. The first-order valence-electron chi connectivity index (χ1n) is 5.58. The van der Waals surface area contributed by atoms with Crippen LogP contribution in [0.4, 0.5) is 5.69 Å². The van der Waals surface area contributed by atoms with Crippen LogP contribution in [0.15, 0.2) is 59.6 Å². The molecule has 17 heavy (non-hydrogen) atoms. The monoisotopic (exact) mass is 243 g/mol. The van der Waals surface area contributed by atoms with Crippen LogP contribution in [0, 0.1) is 6.92 Å². The maximum Gasteiger partial charge on any atom is 0.111 e. The molecule has 0 amide bonds. The third-order valence-corrected chi connectivity index (χ3v) is 2.70. The summed E-state index contributed by atoms with van der Waals surface area (Å²) in [6, 6.07) is 18.1. The van der Waals surface area contributed by atoms with Crippen LogP contribution in [-0.2, 0) is 6.42 Å². The van der Waals surface area contributed by atoms with Gasteiger partial charge in [-0.2, -0.15) is 0 Å². The molecule has 0 saturated heterocycles. The van der Waals surface area contributed by atoms with Crippen molar-refractivity contribution in [2.45, 2.75) is 13.3 Å². The molecular weight excluding hydrogens is 230 g/mol. The van der Waals surface area contributed by atoms with E-state index in [4.69, 9.17) is 11.6 Å². The normalized spacial score (nSPS) is 11.5. The first-order valence-corrected chi connectivity index (χ1v) is 5.95. The summed E-state index contributed by atoms with van der Waals surface area (Å²) in [5, 5.41) is 0.611. The summed E-state index contributed by atoms with van der Waals surface area (Å²) in [7, 11) is 0. The summed E-state index contributed by atoms with van der Waals surface area (Å²) in [6.07, 6.45) is 0.677. The van der Waals surface area contributed by atoms with Gasteiger partial charge in [-0.1, -0.05) is 59.6 Å². The van der Waals surface area contributed by atoms with E-state index >= 15 is 0 Å². The SMILES string of the molecule is Cc1ccc(N=C(Cl)Cc2ccccc2)cc1. The van der Waals surface area contributed by atoms with Crippen LogP contribution in [0.5, 0.6) is 0 Å². The highest BCUT2D eigenvalue weighted by molar-refractivity contribution is 6.65. The molecule has 0 aliphatic heterocycles. The zero-order valence-corrected chi connectivity index (χ0v) is 10.5. The Morgan fingerprint density at radius 1 is 1.00 bits per heavy atom. The molecule has 2 aromatic rings. The van der Waals surface area contributed by atoms with Crippen LogP contribution < -0.4 is 0 Å². The Kier molecular flexibility index (Phi) is 3.94. The minimum absolute atomic E-state index is 0.611. The predicted molar refractivity (Wildman–Crippen MR) is 74.3 cm³/mol. The Hall–Kier alpha value is -1.60. The lowest BCUT2D eigenvalue weighted by Gasteiger charge is -2.00. The third kappa shape index (κ3) is 3.72. The van der Waals surface area contributed by atoms with Crippen molar-refractivity contribution >= 4 is 22.5 Å². The van der Waals surface area contributed by atoms with E-state index in [1.54, 1.807) is 0 Å². The molecule has 0 atom stereocenters. The average Bonchev–Trinajstić information content (AvgIpc) is 2.33. The second kappa shape index (κ2) is 5.65. The van der Waals surface area contributed by atoms with Gasteiger partial charge in [0, 0.05) is 6.42 Å². The molecule has 0 aliphatic carbocycles. The summed E-state index contributed by atoms with van der Waals surface area (Å²) in [5.74, 6) is 0. The number of aryl methyl sites for hydroxylation is 1. The molecule has 0 radical (unpaired) electrons. The zero-order chi connectivity index (χ0) is 12.1. The largest absolute Gasteiger partial charge is 0.241 e. The minimum Gasteiger partial charge on any atom is -0.241 e. The van der Waals surface area contributed by atoms with Crippen LogP contribution in [0.3, 0.4) is 0 Å². The van der Waals surface area contributed by atoms with E-state index in [-0.39, 0.29) is 0 Å². The van der Waals surface area contributed by atoms with Crippen molar-refractivity contribution in [2.24, 2.45) is 4.99 Å². The molecule has 0 aromatic heterocycles. The molecule has 1 nitrogen and oxygen atoms in total. The second-order valence-corrected chi connectivity index (χ2v) is 4.42. The maximum absolute atomic E-state index is 6.14. The van der Waals surface area contributed by atoms with Gasteiger partial charge >= 0.3 is 0 Å². The predicted octanol–water partition coefficient (Wildman–Crippen LogP) is 4.51. The van der Waals surface area contributed by atoms with E-state index < -0.39 is 0 Å². The Morgan fingerprint density at radius 2 is 1.65 bits per heavy atom. The number of hydrogen-bond acceptors (Lipinski definition) is 1. The third-order valence-electron chi connectivity index (χ3n) is 2.48. The zero-order valence-electron chi connectivity index (χ0n) is 9.73. The highest BCUT2D eigenvalue weighted by atomic mass is 35.5. The van der Waals surface area contributed by atoms with Gasteiger partial charge < -0.3 is 0 Å². The van der Waals surface area contributed by atoms with Gasteiger partial charge in [-0.05, 0) is 24.6 Å². The lowest BCUT2D eigenvalue weighted by Crippen LogP contribution is -1.93. The summed E-state index contributed by atoms with van der Waals surface area (Å²) >= 11 is 6.14. The smallest absolute Gasteiger partial charge is 0.111 e. The number of benzene rings is 2. The van der Waals surface area contributed by atoms with Gasteiger partial charge in [0.2, 0.25) is 0 Å². The van der Waals surface area contributed by atoms with E-state index in [9.17, 15) is 0 Å². The standard InChI is InChI=1S/C15H14ClN/c1-12-7-9-14(10-8-12)17-15(16)11-13-5-3-2-4-6-13/h2-10H,11H2,1H3. The Balaban J connectivity index is 2.09. The van der Waals surface area contributed by atoms with E-state index in [0.29, 0.717) is 11.6 Å². The van der Waals surface area contributed by atoms with E-state index in [1.165, 1.54) is 11.1 Å². The molecule has 0 spiro atoms. The molecule has 0 bridgehead atoms. The lowest BCUT2D eigenvalue weighted by atomic mass is 10.2. The van der Waals surface area contributed by atoms with E-state index in [0.717, 1.165) is 5.69 Å². The van der Waals surface area contributed by atoms with Crippen LogP contribution in [0.2, 0.25) is 0 Å². The topological polar surface area (TPSA) is 12.4 Å². The fourth-order valence-electron chi connectivity index (χ4n) is 1.56. The lowest BCUT2D eigenvalue weighted by molar-refractivity contribution is 1.33. The molecular formula is C15H14ClN. The number of hydrogen-bond donors (Lipinski definition) is 0. The van der Waals surface area contributed by atoms with Crippen molar-refractivity contribution in [2.75, 3.05) is 0 Å². The van der Waals surface area contributed by atoms with Crippen molar-refractivity contribution in [3.8, 4) is 0 Å². The molecule has 0 heterocycles.